The van der Waals surface area contributed by atoms with Crippen molar-refractivity contribution in [3.63, 3.8) is 0 Å². The van der Waals surface area contributed by atoms with Gasteiger partial charge in [0.25, 0.3) is 0 Å². The summed E-state index contributed by atoms with van der Waals surface area (Å²) in [7, 11) is 0. The lowest BCUT2D eigenvalue weighted by Gasteiger charge is -2.05. The molecular weight excluding hydrogens is 218 g/mol. The number of aromatic hydroxyl groups is 1. The van der Waals surface area contributed by atoms with Crippen LogP contribution < -0.4 is 0 Å². The van der Waals surface area contributed by atoms with E-state index >= 15 is 0 Å². The number of ether oxygens (including phenoxy) is 1. The fourth-order valence-corrected chi connectivity index (χ4v) is 1.36. The lowest BCUT2D eigenvalue weighted by molar-refractivity contribution is 0.0469. The molecule has 1 heterocycles. The van der Waals surface area contributed by atoms with Crippen molar-refractivity contribution < 1.29 is 14.6 Å². The van der Waals surface area contributed by atoms with Crippen molar-refractivity contribution in [1.29, 1.82) is 0 Å². The summed E-state index contributed by atoms with van der Waals surface area (Å²) in [5.41, 5.74) is 0.965. The van der Waals surface area contributed by atoms with E-state index in [-0.39, 0.29) is 17.9 Å². The van der Waals surface area contributed by atoms with E-state index in [1.165, 1.54) is 12.1 Å². The number of benzene rings is 1. The molecule has 0 saturated carbocycles. The minimum Gasteiger partial charge on any atom is -0.507 e. The lowest BCUT2D eigenvalue weighted by Crippen LogP contribution is -2.05. The molecule has 0 aliphatic rings. The van der Waals surface area contributed by atoms with Gasteiger partial charge in [0.15, 0.2) is 0 Å². The molecule has 0 bridgehead atoms. The largest absolute Gasteiger partial charge is 0.507 e. The van der Waals surface area contributed by atoms with Gasteiger partial charge in [0.1, 0.15) is 17.9 Å². The van der Waals surface area contributed by atoms with Crippen LogP contribution in [0.1, 0.15) is 15.9 Å². The first-order chi connectivity index (χ1) is 8.27. The second-order valence-electron chi connectivity index (χ2n) is 3.45. The second-order valence-corrected chi connectivity index (χ2v) is 3.45. The quantitative estimate of drug-likeness (QED) is 0.819. The standard InChI is InChI=1S/C13H11NO3/c15-12-6-2-1-5-11(12)13(16)17-9-10-4-3-7-14-8-10/h1-8,15H,9H2. The zero-order valence-electron chi connectivity index (χ0n) is 9.04. The van der Waals surface area contributed by atoms with Gasteiger partial charge < -0.3 is 9.84 Å². The number of para-hydroxylation sites is 1. The van der Waals surface area contributed by atoms with E-state index in [1.807, 2.05) is 6.07 Å². The van der Waals surface area contributed by atoms with Gasteiger partial charge in [0.2, 0.25) is 0 Å². The number of pyridine rings is 1. The van der Waals surface area contributed by atoms with Crippen LogP contribution in [0.5, 0.6) is 5.75 Å². The Morgan fingerprint density at radius 3 is 2.76 bits per heavy atom. The van der Waals surface area contributed by atoms with Crippen LogP contribution in [0.3, 0.4) is 0 Å². The smallest absolute Gasteiger partial charge is 0.342 e. The van der Waals surface area contributed by atoms with Crippen molar-refractivity contribution in [1.82, 2.24) is 4.98 Å². The molecule has 0 amide bonds. The van der Waals surface area contributed by atoms with E-state index < -0.39 is 5.97 Å². The van der Waals surface area contributed by atoms with Crippen molar-refractivity contribution in [2.24, 2.45) is 0 Å². The first kappa shape index (κ1) is 11.1. The summed E-state index contributed by atoms with van der Waals surface area (Å²) in [5.74, 6) is -0.629. The first-order valence-electron chi connectivity index (χ1n) is 5.11. The maximum absolute atomic E-state index is 11.6. The Morgan fingerprint density at radius 2 is 2.06 bits per heavy atom. The predicted octanol–water partition coefficient (Wildman–Crippen LogP) is 2.14. The van der Waals surface area contributed by atoms with Gasteiger partial charge in [-0.15, -0.1) is 0 Å². The number of phenols is 1. The van der Waals surface area contributed by atoms with E-state index in [9.17, 15) is 9.90 Å². The number of phenolic OH excluding ortho intramolecular Hbond substituents is 1. The summed E-state index contributed by atoms with van der Waals surface area (Å²) in [6, 6.07) is 9.85. The molecule has 0 aliphatic carbocycles. The van der Waals surface area contributed by atoms with E-state index in [0.29, 0.717) is 0 Å². The Hall–Kier alpha value is -2.36. The highest BCUT2D eigenvalue weighted by atomic mass is 16.5. The Kier molecular flexibility index (Phi) is 3.35. The molecule has 1 N–H and O–H groups in total. The number of hydrogen-bond acceptors (Lipinski definition) is 4. The van der Waals surface area contributed by atoms with Crippen molar-refractivity contribution >= 4 is 5.97 Å². The highest BCUT2D eigenvalue weighted by molar-refractivity contribution is 5.92. The zero-order chi connectivity index (χ0) is 12.1. The van der Waals surface area contributed by atoms with Gasteiger partial charge in [-0.2, -0.15) is 0 Å². The molecule has 0 saturated heterocycles. The van der Waals surface area contributed by atoms with Gasteiger partial charge in [0.05, 0.1) is 0 Å². The maximum Gasteiger partial charge on any atom is 0.342 e. The molecule has 0 radical (unpaired) electrons. The van der Waals surface area contributed by atoms with Gasteiger partial charge in [0, 0.05) is 18.0 Å². The molecule has 4 nitrogen and oxygen atoms in total. The highest BCUT2D eigenvalue weighted by Gasteiger charge is 2.11. The average molecular weight is 229 g/mol. The summed E-state index contributed by atoms with van der Waals surface area (Å²) in [6.07, 6.45) is 3.27. The van der Waals surface area contributed by atoms with Crippen molar-refractivity contribution in [2.45, 2.75) is 6.61 Å². The molecule has 1 aromatic carbocycles. The Morgan fingerprint density at radius 1 is 1.24 bits per heavy atom. The molecule has 0 unspecified atom stereocenters. The molecule has 2 aromatic rings. The minimum absolute atomic E-state index is 0.0799. The summed E-state index contributed by atoms with van der Waals surface area (Å²) < 4.78 is 5.06. The number of nitrogens with zero attached hydrogens (tertiary/aromatic N) is 1. The fraction of sp³-hybridized carbons (Fsp3) is 0.0769. The molecule has 0 aliphatic heterocycles. The van der Waals surface area contributed by atoms with Gasteiger partial charge in [-0.3, -0.25) is 4.98 Å². The van der Waals surface area contributed by atoms with Gasteiger partial charge in [-0.25, -0.2) is 4.79 Å². The van der Waals surface area contributed by atoms with Crippen LogP contribution in [0.15, 0.2) is 48.8 Å². The van der Waals surface area contributed by atoms with Crippen LogP contribution in [0, 0.1) is 0 Å². The average Bonchev–Trinajstić information content (AvgIpc) is 2.38. The lowest BCUT2D eigenvalue weighted by atomic mass is 10.2. The van der Waals surface area contributed by atoms with E-state index in [0.717, 1.165) is 5.56 Å². The molecule has 17 heavy (non-hydrogen) atoms. The molecule has 1 aromatic heterocycles. The van der Waals surface area contributed by atoms with E-state index in [4.69, 9.17) is 4.74 Å². The number of esters is 1. The normalized spacial score (nSPS) is 9.88. The van der Waals surface area contributed by atoms with Crippen LogP contribution in [0.4, 0.5) is 0 Å². The Bertz CT molecular complexity index is 511. The number of rotatable bonds is 3. The summed E-state index contributed by atoms with van der Waals surface area (Å²) in [6.45, 7) is 0.140. The van der Waals surface area contributed by atoms with Crippen LogP contribution >= 0.6 is 0 Å². The summed E-state index contributed by atoms with van der Waals surface area (Å²) >= 11 is 0. The van der Waals surface area contributed by atoms with Gasteiger partial charge >= 0.3 is 5.97 Å². The van der Waals surface area contributed by atoms with Crippen molar-refractivity contribution in [3.05, 3.63) is 59.9 Å². The predicted molar refractivity (Wildman–Crippen MR) is 61.5 cm³/mol. The topological polar surface area (TPSA) is 59.4 Å². The maximum atomic E-state index is 11.6. The minimum atomic E-state index is -0.549. The van der Waals surface area contributed by atoms with Crippen molar-refractivity contribution in [3.8, 4) is 5.75 Å². The van der Waals surface area contributed by atoms with E-state index in [2.05, 4.69) is 4.98 Å². The first-order valence-corrected chi connectivity index (χ1v) is 5.11. The van der Waals surface area contributed by atoms with Gasteiger partial charge in [-0.1, -0.05) is 18.2 Å². The fourth-order valence-electron chi connectivity index (χ4n) is 1.36. The molecule has 4 heteroatoms. The SMILES string of the molecule is O=C(OCc1cccnc1)c1ccccc1O. The van der Waals surface area contributed by atoms with Crippen LogP contribution in [-0.4, -0.2) is 16.1 Å². The molecule has 86 valence electrons. The third kappa shape index (κ3) is 2.81. The number of aromatic nitrogens is 1. The second kappa shape index (κ2) is 5.12. The molecule has 2 rings (SSSR count). The van der Waals surface area contributed by atoms with Crippen LogP contribution in [-0.2, 0) is 11.3 Å². The van der Waals surface area contributed by atoms with Gasteiger partial charge in [-0.05, 0) is 18.2 Å². The van der Waals surface area contributed by atoms with Crippen LogP contribution in [0.2, 0.25) is 0 Å². The summed E-state index contributed by atoms with van der Waals surface area (Å²) in [4.78, 5) is 15.5. The molecule has 0 fully saturated rings. The third-order valence-corrected chi connectivity index (χ3v) is 2.22. The molecule has 0 spiro atoms. The van der Waals surface area contributed by atoms with Crippen LogP contribution in [0.25, 0.3) is 0 Å². The monoisotopic (exact) mass is 229 g/mol. The Labute approximate surface area is 98.5 Å². The highest BCUT2D eigenvalue weighted by Crippen LogP contribution is 2.17. The molecular formula is C13H11NO3. The third-order valence-electron chi connectivity index (χ3n) is 2.22. The zero-order valence-corrected chi connectivity index (χ0v) is 9.04. The van der Waals surface area contributed by atoms with Crippen molar-refractivity contribution in [2.75, 3.05) is 0 Å². The Balaban J connectivity index is 2.01. The number of hydrogen-bond donors (Lipinski definition) is 1. The van der Waals surface area contributed by atoms with E-state index in [1.54, 1.807) is 30.6 Å². The summed E-state index contributed by atoms with van der Waals surface area (Å²) in [5, 5.41) is 9.46. The molecule has 0 atom stereocenters. The number of carbonyl (C=O) groups is 1. The number of carbonyl (C=O) groups excluding carboxylic acids is 1.